The van der Waals surface area contributed by atoms with Crippen molar-refractivity contribution >= 4 is 15.8 Å². The zero-order valence-electron chi connectivity index (χ0n) is 9.66. The molecule has 2 aromatic rings. The molecule has 4 N–H and O–H groups in total. The van der Waals surface area contributed by atoms with E-state index in [1.165, 1.54) is 6.20 Å². The summed E-state index contributed by atoms with van der Waals surface area (Å²) in [5.41, 5.74) is 6.12. The van der Waals surface area contributed by atoms with E-state index in [1.807, 2.05) is 0 Å². The zero-order valence-corrected chi connectivity index (χ0v) is 10.5. The van der Waals surface area contributed by atoms with Gasteiger partial charge in [-0.25, -0.2) is 13.1 Å². The van der Waals surface area contributed by atoms with Gasteiger partial charge in [0.15, 0.2) is 0 Å². The summed E-state index contributed by atoms with van der Waals surface area (Å²) in [7, 11) is -3.70. The largest absolute Gasteiger partial charge is 0.383 e. The number of nitrogen functional groups attached to an aromatic ring is 1. The van der Waals surface area contributed by atoms with Gasteiger partial charge in [-0.1, -0.05) is 6.07 Å². The van der Waals surface area contributed by atoms with Crippen LogP contribution in [-0.4, -0.2) is 23.6 Å². The van der Waals surface area contributed by atoms with Crippen molar-refractivity contribution in [1.29, 1.82) is 0 Å². The first-order valence-corrected chi connectivity index (χ1v) is 6.71. The maximum atomic E-state index is 12.0. The highest BCUT2D eigenvalue weighted by atomic mass is 32.2. The molecule has 0 saturated heterocycles. The van der Waals surface area contributed by atoms with E-state index in [-0.39, 0.29) is 10.7 Å². The van der Waals surface area contributed by atoms with Crippen molar-refractivity contribution in [3.05, 3.63) is 36.3 Å². The van der Waals surface area contributed by atoms with E-state index in [9.17, 15) is 8.42 Å². The summed E-state index contributed by atoms with van der Waals surface area (Å²) in [4.78, 5) is 4.02. The molecule has 0 spiro atoms. The number of nitrogens with two attached hydrogens (primary N) is 1. The second-order valence-electron chi connectivity index (χ2n) is 3.75. The average Bonchev–Trinajstić information content (AvgIpc) is 2.77. The van der Waals surface area contributed by atoms with Crippen LogP contribution in [0.3, 0.4) is 0 Å². The standard InChI is InChI=1S/C10H13N5O2S/c1-7(8-4-2-3-5-12-8)15-18(16,17)9-6-13-14-10(9)11/h2-7,15H,1H3,(H3,11,13,14). The Morgan fingerprint density at radius 3 is 2.78 bits per heavy atom. The predicted molar refractivity (Wildman–Crippen MR) is 66.0 cm³/mol. The number of pyridine rings is 1. The number of aromatic amines is 1. The summed E-state index contributed by atoms with van der Waals surface area (Å²) < 4.78 is 26.5. The van der Waals surface area contributed by atoms with Crippen LogP contribution in [0.5, 0.6) is 0 Å². The van der Waals surface area contributed by atoms with E-state index in [4.69, 9.17) is 5.73 Å². The lowest BCUT2D eigenvalue weighted by Gasteiger charge is -2.12. The SMILES string of the molecule is CC(NS(=O)(=O)c1cn[nH]c1N)c1ccccn1. The number of anilines is 1. The first-order chi connectivity index (χ1) is 8.50. The van der Waals surface area contributed by atoms with Crippen LogP contribution in [0.15, 0.2) is 35.5 Å². The smallest absolute Gasteiger partial charge is 0.246 e. The fourth-order valence-corrected chi connectivity index (χ4v) is 2.73. The molecule has 1 atom stereocenters. The van der Waals surface area contributed by atoms with Gasteiger partial charge in [0.2, 0.25) is 10.0 Å². The molecule has 8 heteroatoms. The highest BCUT2D eigenvalue weighted by molar-refractivity contribution is 7.89. The van der Waals surface area contributed by atoms with Gasteiger partial charge in [-0.2, -0.15) is 5.10 Å². The molecule has 2 heterocycles. The Kier molecular flexibility index (Phi) is 3.30. The molecular weight excluding hydrogens is 254 g/mol. The van der Waals surface area contributed by atoms with Crippen LogP contribution >= 0.6 is 0 Å². The molecule has 2 rings (SSSR count). The average molecular weight is 267 g/mol. The fourth-order valence-electron chi connectivity index (χ4n) is 1.49. The van der Waals surface area contributed by atoms with Crippen LogP contribution in [0.2, 0.25) is 0 Å². The molecule has 0 amide bonds. The topological polar surface area (TPSA) is 114 Å². The van der Waals surface area contributed by atoms with Crippen LogP contribution in [-0.2, 0) is 10.0 Å². The lowest BCUT2D eigenvalue weighted by Crippen LogP contribution is -2.27. The number of nitrogens with zero attached hydrogens (tertiary/aromatic N) is 2. The molecule has 0 radical (unpaired) electrons. The van der Waals surface area contributed by atoms with Crippen molar-refractivity contribution in [2.75, 3.05) is 5.73 Å². The fraction of sp³-hybridized carbons (Fsp3) is 0.200. The Hall–Kier alpha value is -1.93. The van der Waals surface area contributed by atoms with Gasteiger partial charge in [0.1, 0.15) is 10.7 Å². The van der Waals surface area contributed by atoms with E-state index in [1.54, 1.807) is 31.3 Å². The second-order valence-corrected chi connectivity index (χ2v) is 5.43. The van der Waals surface area contributed by atoms with Gasteiger partial charge in [-0.15, -0.1) is 0 Å². The normalized spacial score (nSPS) is 13.4. The zero-order chi connectivity index (χ0) is 13.2. The lowest BCUT2D eigenvalue weighted by molar-refractivity contribution is 0.564. The molecule has 0 bridgehead atoms. The minimum atomic E-state index is -3.70. The Bertz CT molecular complexity index is 623. The number of H-pyrrole nitrogens is 1. The van der Waals surface area contributed by atoms with Gasteiger partial charge < -0.3 is 5.73 Å². The maximum absolute atomic E-state index is 12.0. The van der Waals surface area contributed by atoms with Gasteiger partial charge in [-0.05, 0) is 19.1 Å². The Morgan fingerprint density at radius 2 is 2.22 bits per heavy atom. The monoisotopic (exact) mass is 267 g/mol. The third-order valence-electron chi connectivity index (χ3n) is 2.39. The molecule has 0 aliphatic carbocycles. The van der Waals surface area contributed by atoms with Gasteiger partial charge in [0.25, 0.3) is 0 Å². The number of nitrogens with one attached hydrogen (secondary N) is 2. The molecule has 0 aliphatic rings. The maximum Gasteiger partial charge on any atom is 0.246 e. The first kappa shape index (κ1) is 12.5. The molecule has 7 nitrogen and oxygen atoms in total. The van der Waals surface area contributed by atoms with Crippen molar-refractivity contribution in [3.63, 3.8) is 0 Å². The highest BCUT2D eigenvalue weighted by Crippen LogP contribution is 2.17. The van der Waals surface area contributed by atoms with Crippen molar-refractivity contribution in [1.82, 2.24) is 19.9 Å². The molecule has 18 heavy (non-hydrogen) atoms. The molecule has 0 fully saturated rings. The van der Waals surface area contributed by atoms with Crippen LogP contribution < -0.4 is 10.5 Å². The van der Waals surface area contributed by atoms with Gasteiger partial charge in [0.05, 0.1) is 17.9 Å². The molecule has 0 aromatic carbocycles. The minimum Gasteiger partial charge on any atom is -0.383 e. The molecule has 0 saturated carbocycles. The van der Waals surface area contributed by atoms with E-state index < -0.39 is 16.1 Å². The third kappa shape index (κ3) is 2.49. The minimum absolute atomic E-state index is 0.00993. The first-order valence-electron chi connectivity index (χ1n) is 5.23. The Morgan fingerprint density at radius 1 is 1.44 bits per heavy atom. The number of aromatic nitrogens is 3. The highest BCUT2D eigenvalue weighted by Gasteiger charge is 2.22. The molecule has 96 valence electrons. The second kappa shape index (κ2) is 4.75. The van der Waals surface area contributed by atoms with E-state index >= 15 is 0 Å². The molecule has 0 aliphatic heterocycles. The van der Waals surface area contributed by atoms with Crippen LogP contribution in [0.25, 0.3) is 0 Å². The summed E-state index contributed by atoms with van der Waals surface area (Å²) in [6.07, 6.45) is 2.77. The Balaban J connectivity index is 2.22. The van der Waals surface area contributed by atoms with Gasteiger partial charge in [-0.3, -0.25) is 10.1 Å². The summed E-state index contributed by atoms with van der Waals surface area (Å²) in [6, 6.07) is 4.84. The van der Waals surface area contributed by atoms with Gasteiger partial charge in [0, 0.05) is 6.20 Å². The molecule has 1 unspecified atom stereocenters. The summed E-state index contributed by atoms with van der Waals surface area (Å²) >= 11 is 0. The van der Waals surface area contributed by atoms with Crippen molar-refractivity contribution in [2.24, 2.45) is 0 Å². The summed E-state index contributed by atoms with van der Waals surface area (Å²) in [6.45, 7) is 1.70. The lowest BCUT2D eigenvalue weighted by atomic mass is 10.2. The number of rotatable bonds is 4. The van der Waals surface area contributed by atoms with E-state index in [0.29, 0.717) is 5.69 Å². The van der Waals surface area contributed by atoms with E-state index in [0.717, 1.165) is 0 Å². The van der Waals surface area contributed by atoms with Crippen LogP contribution in [0, 0.1) is 0 Å². The predicted octanol–water partition coefficient (Wildman–Crippen LogP) is 0.426. The Labute approximate surface area is 104 Å². The van der Waals surface area contributed by atoms with Crippen molar-refractivity contribution < 1.29 is 8.42 Å². The number of sulfonamides is 1. The van der Waals surface area contributed by atoms with Crippen molar-refractivity contribution in [3.8, 4) is 0 Å². The molecule has 2 aromatic heterocycles. The quantitative estimate of drug-likeness (QED) is 0.743. The van der Waals surface area contributed by atoms with Crippen molar-refractivity contribution in [2.45, 2.75) is 17.9 Å². The van der Waals surface area contributed by atoms with Crippen LogP contribution in [0.4, 0.5) is 5.82 Å². The van der Waals surface area contributed by atoms with Gasteiger partial charge >= 0.3 is 0 Å². The van der Waals surface area contributed by atoms with E-state index in [2.05, 4.69) is 19.9 Å². The van der Waals surface area contributed by atoms with Crippen LogP contribution in [0.1, 0.15) is 18.7 Å². The molecular formula is C10H13N5O2S. The third-order valence-corrected chi connectivity index (χ3v) is 3.95. The summed E-state index contributed by atoms with van der Waals surface area (Å²) in [5, 5.41) is 5.96. The summed E-state index contributed by atoms with van der Waals surface area (Å²) in [5.74, 6) is 0.00993. The number of hydrogen-bond donors (Lipinski definition) is 3. The number of hydrogen-bond acceptors (Lipinski definition) is 5.